The minimum absolute atomic E-state index is 0.155. The fourth-order valence-electron chi connectivity index (χ4n) is 2.65. The molecule has 0 amide bonds. The Morgan fingerprint density at radius 1 is 1.28 bits per heavy atom. The lowest BCUT2D eigenvalue weighted by Gasteiger charge is -2.03. The normalized spacial score (nSPS) is 16.3. The second-order valence-corrected chi connectivity index (χ2v) is 4.86. The zero-order chi connectivity index (χ0) is 12.5. The van der Waals surface area contributed by atoms with Crippen LogP contribution < -0.4 is 4.74 Å². The molecular formula is C15H16O3. The monoisotopic (exact) mass is 244 g/mol. The maximum atomic E-state index is 12.2. The van der Waals surface area contributed by atoms with E-state index >= 15 is 0 Å². The summed E-state index contributed by atoms with van der Waals surface area (Å²) in [6, 6.07) is 7.46. The number of hydrogen-bond acceptors (Lipinski definition) is 3. The summed E-state index contributed by atoms with van der Waals surface area (Å²) in [6.45, 7) is 0. The van der Waals surface area contributed by atoms with Crippen molar-refractivity contribution in [1.82, 2.24) is 0 Å². The van der Waals surface area contributed by atoms with Gasteiger partial charge in [0, 0.05) is 17.4 Å². The molecule has 1 heterocycles. The molecule has 1 aliphatic rings. The summed E-state index contributed by atoms with van der Waals surface area (Å²) in [5.74, 6) is 1.55. The fraction of sp³-hybridized carbons (Fsp3) is 0.400. The number of ketones is 1. The summed E-state index contributed by atoms with van der Waals surface area (Å²) in [7, 11) is 1.62. The van der Waals surface area contributed by atoms with Crippen molar-refractivity contribution < 1.29 is 13.9 Å². The standard InChI is InChI=1S/C15H16O3/c1-17-12-7-6-11-8-14(18-13(11)9-12)15(16)10-4-2-3-5-10/h6-10H,2-5H2,1H3. The summed E-state index contributed by atoms with van der Waals surface area (Å²) in [5, 5.41) is 0.956. The Balaban J connectivity index is 1.94. The van der Waals surface area contributed by atoms with E-state index in [2.05, 4.69) is 0 Å². The first-order valence-corrected chi connectivity index (χ1v) is 6.40. The Hall–Kier alpha value is -1.77. The van der Waals surface area contributed by atoms with Crippen molar-refractivity contribution >= 4 is 16.8 Å². The van der Waals surface area contributed by atoms with Crippen LogP contribution in [-0.4, -0.2) is 12.9 Å². The minimum atomic E-state index is 0.155. The number of carbonyl (C=O) groups excluding carboxylic acids is 1. The molecule has 3 rings (SSSR count). The van der Waals surface area contributed by atoms with E-state index in [1.807, 2.05) is 24.3 Å². The van der Waals surface area contributed by atoms with Crippen molar-refractivity contribution in [3.63, 3.8) is 0 Å². The summed E-state index contributed by atoms with van der Waals surface area (Å²) in [4.78, 5) is 12.2. The van der Waals surface area contributed by atoms with Gasteiger partial charge in [0.15, 0.2) is 5.76 Å². The molecule has 0 N–H and O–H groups in total. The van der Waals surface area contributed by atoms with Gasteiger partial charge < -0.3 is 9.15 Å². The molecule has 0 radical (unpaired) electrons. The molecule has 3 heteroatoms. The highest BCUT2D eigenvalue weighted by molar-refractivity contribution is 5.99. The third-order valence-electron chi connectivity index (χ3n) is 3.70. The quantitative estimate of drug-likeness (QED) is 0.770. The lowest BCUT2D eigenvalue weighted by atomic mass is 10.0. The Bertz CT molecular complexity index is 576. The van der Waals surface area contributed by atoms with Crippen LogP contribution in [0.1, 0.15) is 36.2 Å². The molecule has 1 fully saturated rings. The predicted molar refractivity (Wildman–Crippen MR) is 69.1 cm³/mol. The fourth-order valence-corrected chi connectivity index (χ4v) is 2.65. The Morgan fingerprint density at radius 3 is 2.78 bits per heavy atom. The molecule has 1 aromatic carbocycles. The van der Waals surface area contributed by atoms with Gasteiger partial charge in [-0.3, -0.25) is 4.79 Å². The van der Waals surface area contributed by atoms with Gasteiger partial charge in [-0.1, -0.05) is 12.8 Å². The molecule has 3 nitrogen and oxygen atoms in total. The molecule has 0 atom stereocenters. The van der Waals surface area contributed by atoms with Gasteiger partial charge in [-0.05, 0) is 31.0 Å². The van der Waals surface area contributed by atoms with Crippen molar-refractivity contribution in [1.29, 1.82) is 0 Å². The number of fused-ring (bicyclic) bond motifs is 1. The number of rotatable bonds is 3. The van der Waals surface area contributed by atoms with Crippen molar-refractivity contribution in [2.24, 2.45) is 5.92 Å². The molecule has 2 aromatic rings. The van der Waals surface area contributed by atoms with Crippen LogP contribution in [0.4, 0.5) is 0 Å². The Morgan fingerprint density at radius 2 is 2.06 bits per heavy atom. The first-order valence-electron chi connectivity index (χ1n) is 6.40. The van der Waals surface area contributed by atoms with E-state index in [1.54, 1.807) is 7.11 Å². The number of benzene rings is 1. The van der Waals surface area contributed by atoms with Gasteiger partial charge in [0.05, 0.1) is 7.11 Å². The molecule has 1 aliphatic carbocycles. The maximum Gasteiger partial charge on any atom is 0.201 e. The number of methoxy groups -OCH3 is 1. The van der Waals surface area contributed by atoms with E-state index in [1.165, 1.54) is 0 Å². The predicted octanol–water partition coefficient (Wildman–Crippen LogP) is 3.81. The molecule has 18 heavy (non-hydrogen) atoms. The molecule has 0 spiro atoms. The topological polar surface area (TPSA) is 39.4 Å². The van der Waals surface area contributed by atoms with E-state index < -0.39 is 0 Å². The first kappa shape index (κ1) is 11.3. The molecule has 0 saturated heterocycles. The average molecular weight is 244 g/mol. The SMILES string of the molecule is COc1ccc2cc(C(=O)C3CCCC3)oc2c1. The highest BCUT2D eigenvalue weighted by Gasteiger charge is 2.26. The van der Waals surface area contributed by atoms with Crippen molar-refractivity contribution in [3.8, 4) is 5.75 Å². The summed E-state index contributed by atoms with van der Waals surface area (Å²) in [6.07, 6.45) is 4.31. The highest BCUT2D eigenvalue weighted by atomic mass is 16.5. The average Bonchev–Trinajstić information content (AvgIpc) is 3.05. The minimum Gasteiger partial charge on any atom is -0.497 e. The van der Waals surface area contributed by atoms with Crippen LogP contribution in [-0.2, 0) is 0 Å². The highest BCUT2D eigenvalue weighted by Crippen LogP contribution is 2.31. The van der Waals surface area contributed by atoms with Crippen LogP contribution in [0.25, 0.3) is 11.0 Å². The van der Waals surface area contributed by atoms with Gasteiger partial charge in [-0.25, -0.2) is 0 Å². The van der Waals surface area contributed by atoms with E-state index in [9.17, 15) is 4.79 Å². The van der Waals surface area contributed by atoms with Gasteiger partial charge in [-0.2, -0.15) is 0 Å². The molecule has 0 unspecified atom stereocenters. The second kappa shape index (κ2) is 4.48. The van der Waals surface area contributed by atoms with Gasteiger partial charge in [-0.15, -0.1) is 0 Å². The van der Waals surface area contributed by atoms with Crippen LogP contribution in [0, 0.1) is 5.92 Å². The summed E-state index contributed by atoms with van der Waals surface area (Å²) >= 11 is 0. The number of furan rings is 1. The van der Waals surface area contributed by atoms with Crippen LogP contribution in [0.15, 0.2) is 28.7 Å². The van der Waals surface area contributed by atoms with E-state index in [0.29, 0.717) is 5.76 Å². The zero-order valence-electron chi connectivity index (χ0n) is 10.4. The molecule has 1 aromatic heterocycles. The molecule has 94 valence electrons. The van der Waals surface area contributed by atoms with E-state index in [0.717, 1.165) is 42.4 Å². The van der Waals surface area contributed by atoms with Crippen LogP contribution in [0.5, 0.6) is 5.75 Å². The number of ether oxygens (including phenoxy) is 1. The number of Topliss-reactive ketones (excluding diaryl/α,β-unsaturated/α-hetero) is 1. The Labute approximate surface area is 106 Å². The van der Waals surface area contributed by atoms with Crippen molar-refractivity contribution in [2.75, 3.05) is 7.11 Å². The molecule has 1 saturated carbocycles. The third kappa shape index (κ3) is 1.90. The van der Waals surface area contributed by atoms with Crippen LogP contribution in [0.2, 0.25) is 0 Å². The molecule has 0 bridgehead atoms. The van der Waals surface area contributed by atoms with E-state index in [4.69, 9.17) is 9.15 Å². The van der Waals surface area contributed by atoms with E-state index in [-0.39, 0.29) is 11.7 Å². The lowest BCUT2D eigenvalue weighted by Crippen LogP contribution is -2.09. The first-order chi connectivity index (χ1) is 8.78. The smallest absolute Gasteiger partial charge is 0.201 e. The van der Waals surface area contributed by atoms with Gasteiger partial charge >= 0.3 is 0 Å². The van der Waals surface area contributed by atoms with Gasteiger partial charge in [0.1, 0.15) is 11.3 Å². The summed E-state index contributed by atoms with van der Waals surface area (Å²) in [5.41, 5.74) is 0.718. The van der Waals surface area contributed by atoms with Crippen molar-refractivity contribution in [2.45, 2.75) is 25.7 Å². The largest absolute Gasteiger partial charge is 0.497 e. The Kier molecular flexibility index (Phi) is 2.82. The van der Waals surface area contributed by atoms with Crippen LogP contribution >= 0.6 is 0 Å². The van der Waals surface area contributed by atoms with Gasteiger partial charge in [0.2, 0.25) is 5.78 Å². The summed E-state index contributed by atoms with van der Waals surface area (Å²) < 4.78 is 10.8. The van der Waals surface area contributed by atoms with Crippen LogP contribution in [0.3, 0.4) is 0 Å². The number of carbonyl (C=O) groups is 1. The van der Waals surface area contributed by atoms with Gasteiger partial charge in [0.25, 0.3) is 0 Å². The maximum absolute atomic E-state index is 12.2. The molecule has 0 aliphatic heterocycles. The lowest BCUT2D eigenvalue weighted by molar-refractivity contribution is 0.0896. The second-order valence-electron chi connectivity index (χ2n) is 4.86. The molecular weight excluding hydrogens is 228 g/mol. The third-order valence-corrected chi connectivity index (χ3v) is 3.70. The van der Waals surface area contributed by atoms with Crippen molar-refractivity contribution in [3.05, 3.63) is 30.0 Å². The zero-order valence-corrected chi connectivity index (χ0v) is 10.4. The number of hydrogen-bond donors (Lipinski definition) is 0.